The maximum absolute atomic E-state index is 10.9. The van der Waals surface area contributed by atoms with Gasteiger partial charge in [-0.05, 0) is 57.3 Å². The van der Waals surface area contributed by atoms with Gasteiger partial charge in [0.05, 0.1) is 30.0 Å². The van der Waals surface area contributed by atoms with E-state index in [-0.39, 0.29) is 23.4 Å². The smallest absolute Gasteiger partial charge is 0.122 e. The van der Waals surface area contributed by atoms with Crippen LogP contribution in [0.15, 0.2) is 0 Å². The fourth-order valence-corrected chi connectivity index (χ4v) is 4.09. The standard InChI is InChI=1S/C20H36O4/c1-15(2)7-8-17(22)16(3)6-5-10-19(4)18-9-11-20(24-18,12-13-21)14-23-19/h13,15-18,22H,5-12,14H2,1-4H3/t16?,17?,18-,19+,20-/m1/s1. The van der Waals surface area contributed by atoms with Crippen LogP contribution in [-0.2, 0) is 14.3 Å². The summed E-state index contributed by atoms with van der Waals surface area (Å²) in [6, 6.07) is 0. The number of carbonyl (C=O) groups excluding carboxylic acids is 1. The minimum absolute atomic E-state index is 0.104. The number of ether oxygens (including phenoxy) is 2. The molecule has 2 bridgehead atoms. The van der Waals surface area contributed by atoms with Crippen molar-refractivity contribution >= 4 is 6.29 Å². The number of hydrogen-bond donors (Lipinski definition) is 1. The van der Waals surface area contributed by atoms with Crippen LogP contribution in [0.2, 0.25) is 0 Å². The van der Waals surface area contributed by atoms with Crippen molar-refractivity contribution < 1.29 is 19.4 Å². The van der Waals surface area contributed by atoms with Crippen LogP contribution >= 0.6 is 0 Å². The zero-order valence-corrected chi connectivity index (χ0v) is 15.9. The predicted molar refractivity (Wildman–Crippen MR) is 95.0 cm³/mol. The predicted octanol–water partition coefficient (Wildman–Crippen LogP) is 3.89. The van der Waals surface area contributed by atoms with Crippen molar-refractivity contribution in [3.63, 3.8) is 0 Å². The van der Waals surface area contributed by atoms with Crippen molar-refractivity contribution in [2.75, 3.05) is 6.61 Å². The van der Waals surface area contributed by atoms with Gasteiger partial charge in [0.2, 0.25) is 0 Å². The number of aldehydes is 1. The van der Waals surface area contributed by atoms with Gasteiger partial charge in [-0.2, -0.15) is 0 Å². The Labute approximate surface area is 147 Å². The molecule has 5 atom stereocenters. The molecule has 2 aliphatic heterocycles. The average Bonchev–Trinajstić information content (AvgIpc) is 2.91. The van der Waals surface area contributed by atoms with E-state index in [1.165, 1.54) is 0 Å². The first-order valence-electron chi connectivity index (χ1n) is 9.74. The highest BCUT2D eigenvalue weighted by Crippen LogP contribution is 2.45. The van der Waals surface area contributed by atoms with Gasteiger partial charge in [-0.3, -0.25) is 0 Å². The molecule has 140 valence electrons. The third-order valence-electron chi connectivity index (χ3n) is 6.09. The zero-order chi connectivity index (χ0) is 17.8. The molecule has 0 aromatic rings. The first-order valence-corrected chi connectivity index (χ1v) is 9.74. The molecule has 4 heteroatoms. The SMILES string of the molecule is CC(C)CCC(O)C(C)CCC[C@]1(C)OC[C@]2(CC=O)CC[C@H]1O2. The summed E-state index contributed by atoms with van der Waals surface area (Å²) in [5.74, 6) is 0.974. The maximum atomic E-state index is 10.9. The first kappa shape index (κ1) is 19.9. The lowest BCUT2D eigenvalue weighted by Crippen LogP contribution is -2.52. The van der Waals surface area contributed by atoms with Gasteiger partial charge in [-0.25, -0.2) is 0 Å². The van der Waals surface area contributed by atoms with Crippen molar-refractivity contribution in [2.45, 2.75) is 102 Å². The second-order valence-corrected chi connectivity index (χ2v) is 8.71. The van der Waals surface area contributed by atoms with E-state index in [2.05, 4.69) is 27.7 Å². The number of rotatable bonds is 10. The van der Waals surface area contributed by atoms with Gasteiger partial charge < -0.3 is 19.4 Å². The molecule has 0 aromatic heterocycles. The van der Waals surface area contributed by atoms with Crippen molar-refractivity contribution in [1.82, 2.24) is 0 Å². The molecule has 0 aliphatic carbocycles. The van der Waals surface area contributed by atoms with Gasteiger partial charge in [0, 0.05) is 6.42 Å². The second-order valence-electron chi connectivity index (χ2n) is 8.71. The molecule has 0 spiro atoms. The zero-order valence-electron chi connectivity index (χ0n) is 15.9. The lowest BCUT2D eigenvalue weighted by molar-refractivity contribution is -0.240. The molecule has 2 rings (SSSR count). The molecule has 1 N–H and O–H groups in total. The van der Waals surface area contributed by atoms with Crippen LogP contribution in [0.5, 0.6) is 0 Å². The van der Waals surface area contributed by atoms with Crippen molar-refractivity contribution in [2.24, 2.45) is 11.8 Å². The third kappa shape index (κ3) is 4.80. The van der Waals surface area contributed by atoms with Gasteiger partial charge in [0.15, 0.2) is 0 Å². The van der Waals surface area contributed by atoms with Crippen LogP contribution in [0.3, 0.4) is 0 Å². The highest BCUT2D eigenvalue weighted by atomic mass is 16.6. The van der Waals surface area contributed by atoms with Gasteiger partial charge >= 0.3 is 0 Å². The molecule has 0 radical (unpaired) electrons. The molecule has 2 aliphatic rings. The average molecular weight is 341 g/mol. The molecule has 24 heavy (non-hydrogen) atoms. The van der Waals surface area contributed by atoms with E-state index in [9.17, 15) is 9.90 Å². The Balaban J connectivity index is 1.75. The Morgan fingerprint density at radius 2 is 2.00 bits per heavy atom. The number of fused-ring (bicyclic) bond motifs is 2. The first-order chi connectivity index (χ1) is 11.3. The van der Waals surface area contributed by atoms with Gasteiger partial charge in [0.1, 0.15) is 6.29 Å². The lowest BCUT2D eigenvalue weighted by atomic mass is 9.87. The van der Waals surface area contributed by atoms with E-state index in [0.717, 1.165) is 51.2 Å². The molecule has 4 nitrogen and oxygen atoms in total. The Kier molecular flexibility index (Phi) is 6.86. The summed E-state index contributed by atoms with van der Waals surface area (Å²) in [6.07, 6.45) is 8.20. The van der Waals surface area contributed by atoms with Crippen molar-refractivity contribution in [1.29, 1.82) is 0 Å². The summed E-state index contributed by atoms with van der Waals surface area (Å²) >= 11 is 0. The highest BCUT2D eigenvalue weighted by molar-refractivity contribution is 5.51. The van der Waals surface area contributed by atoms with E-state index in [1.807, 2.05) is 0 Å². The largest absolute Gasteiger partial charge is 0.393 e. The molecular weight excluding hydrogens is 304 g/mol. The summed E-state index contributed by atoms with van der Waals surface area (Å²) in [7, 11) is 0. The Morgan fingerprint density at radius 3 is 2.67 bits per heavy atom. The third-order valence-corrected chi connectivity index (χ3v) is 6.09. The number of hydrogen-bond acceptors (Lipinski definition) is 4. The molecule has 0 aromatic carbocycles. The molecular formula is C20H36O4. The van der Waals surface area contributed by atoms with E-state index < -0.39 is 0 Å². The Morgan fingerprint density at radius 1 is 1.25 bits per heavy atom. The molecule has 0 amide bonds. The quantitative estimate of drug-likeness (QED) is 0.613. The second kappa shape index (κ2) is 8.29. The van der Waals surface area contributed by atoms with Crippen LogP contribution in [0.4, 0.5) is 0 Å². The van der Waals surface area contributed by atoms with Crippen LogP contribution in [-0.4, -0.2) is 41.4 Å². The fraction of sp³-hybridized carbons (Fsp3) is 0.950. The number of carbonyl (C=O) groups is 1. The summed E-state index contributed by atoms with van der Waals surface area (Å²) in [5, 5.41) is 10.3. The molecule has 2 heterocycles. The van der Waals surface area contributed by atoms with Crippen molar-refractivity contribution in [3.05, 3.63) is 0 Å². The van der Waals surface area contributed by atoms with Gasteiger partial charge in [0.25, 0.3) is 0 Å². The lowest BCUT2D eigenvalue weighted by Gasteiger charge is -2.44. The summed E-state index contributed by atoms with van der Waals surface area (Å²) in [4.78, 5) is 10.9. The van der Waals surface area contributed by atoms with E-state index >= 15 is 0 Å². The van der Waals surface area contributed by atoms with E-state index in [0.29, 0.717) is 24.9 Å². The highest BCUT2D eigenvalue weighted by Gasteiger charge is 2.53. The Bertz CT molecular complexity index is 410. The summed E-state index contributed by atoms with van der Waals surface area (Å²) in [5.41, 5.74) is -0.599. The van der Waals surface area contributed by atoms with Crippen LogP contribution < -0.4 is 0 Å². The molecule has 2 fully saturated rings. The van der Waals surface area contributed by atoms with Crippen LogP contribution in [0, 0.1) is 11.8 Å². The molecule has 2 saturated heterocycles. The number of aliphatic hydroxyl groups is 1. The normalized spacial score (nSPS) is 35.2. The topological polar surface area (TPSA) is 55.8 Å². The van der Waals surface area contributed by atoms with E-state index in [1.54, 1.807) is 0 Å². The monoisotopic (exact) mass is 340 g/mol. The summed E-state index contributed by atoms with van der Waals surface area (Å²) < 4.78 is 12.4. The molecule has 0 saturated carbocycles. The van der Waals surface area contributed by atoms with E-state index in [4.69, 9.17) is 9.47 Å². The number of aliphatic hydroxyl groups excluding tert-OH is 1. The summed E-state index contributed by atoms with van der Waals surface area (Å²) in [6.45, 7) is 9.23. The van der Waals surface area contributed by atoms with Gasteiger partial charge in [-0.15, -0.1) is 0 Å². The maximum Gasteiger partial charge on any atom is 0.122 e. The van der Waals surface area contributed by atoms with Crippen LogP contribution in [0.1, 0.15) is 79.1 Å². The Hall–Kier alpha value is -0.450. The van der Waals surface area contributed by atoms with Crippen LogP contribution in [0.25, 0.3) is 0 Å². The van der Waals surface area contributed by atoms with Gasteiger partial charge in [-0.1, -0.05) is 27.2 Å². The minimum atomic E-state index is -0.355. The van der Waals surface area contributed by atoms with Crippen molar-refractivity contribution in [3.8, 4) is 0 Å². The fourth-order valence-electron chi connectivity index (χ4n) is 4.09. The minimum Gasteiger partial charge on any atom is -0.393 e. The molecule has 2 unspecified atom stereocenters.